The molecule has 6 heteroatoms. The van der Waals surface area contributed by atoms with Gasteiger partial charge >= 0.3 is 0 Å². The molecule has 0 spiro atoms. The molecule has 1 fully saturated rings. The van der Waals surface area contributed by atoms with Crippen molar-refractivity contribution in [3.63, 3.8) is 0 Å². The molecule has 1 aliphatic rings. The number of likely N-dealkylation sites (tertiary alicyclic amines) is 1. The minimum atomic E-state index is -0.253. The Kier molecular flexibility index (Phi) is 4.70. The highest BCUT2D eigenvalue weighted by atomic mass is 32.1. The van der Waals surface area contributed by atoms with Gasteiger partial charge in [-0.05, 0) is 54.9 Å². The van der Waals surface area contributed by atoms with Crippen molar-refractivity contribution in [2.45, 2.75) is 25.6 Å². The van der Waals surface area contributed by atoms with E-state index in [-0.39, 0.29) is 5.82 Å². The monoisotopic (exact) mass is 368 g/mol. The number of hydrogen-bond acceptors (Lipinski definition) is 3. The van der Waals surface area contributed by atoms with Gasteiger partial charge in [0.05, 0.1) is 6.67 Å². The second-order valence-corrected chi connectivity index (χ2v) is 7.06. The van der Waals surface area contributed by atoms with E-state index in [4.69, 9.17) is 17.3 Å². The van der Waals surface area contributed by atoms with Gasteiger partial charge in [0.1, 0.15) is 5.82 Å². The van der Waals surface area contributed by atoms with Crippen LogP contribution >= 0.6 is 12.2 Å². The Balaban J connectivity index is 1.61. The molecule has 134 valence electrons. The van der Waals surface area contributed by atoms with Crippen LogP contribution in [0.5, 0.6) is 0 Å². The van der Waals surface area contributed by atoms with Gasteiger partial charge in [-0.3, -0.25) is 4.90 Å². The summed E-state index contributed by atoms with van der Waals surface area (Å²) in [4.78, 5) is 2.42. The topological polar surface area (TPSA) is 26.0 Å². The molecule has 3 aromatic rings. The fraction of sp³-hybridized carbons (Fsp3) is 0.300. The van der Waals surface area contributed by atoms with E-state index >= 15 is 0 Å². The molecular formula is C20H21FN4S. The maximum Gasteiger partial charge on any atom is 0.199 e. The van der Waals surface area contributed by atoms with Crippen LogP contribution in [0.2, 0.25) is 0 Å². The molecule has 0 saturated carbocycles. The first kappa shape index (κ1) is 17.1. The quantitative estimate of drug-likeness (QED) is 0.632. The molecule has 2 aromatic carbocycles. The van der Waals surface area contributed by atoms with Gasteiger partial charge < -0.3 is 4.57 Å². The zero-order chi connectivity index (χ0) is 18.1. The molecule has 0 N–H and O–H groups in total. The van der Waals surface area contributed by atoms with E-state index in [2.05, 4.69) is 29.2 Å². The third-order valence-electron chi connectivity index (χ3n) is 5.01. The fourth-order valence-electron chi connectivity index (χ4n) is 3.65. The Hall–Kier alpha value is -2.31. The van der Waals surface area contributed by atoms with Gasteiger partial charge in [0.2, 0.25) is 0 Å². The predicted molar refractivity (Wildman–Crippen MR) is 103 cm³/mol. The Bertz CT molecular complexity index is 946. The maximum absolute atomic E-state index is 13.2. The first-order chi connectivity index (χ1) is 12.6. The summed E-state index contributed by atoms with van der Waals surface area (Å²) in [5, 5.41) is 4.71. The predicted octanol–water partition coefficient (Wildman–Crippen LogP) is 4.55. The zero-order valence-electron chi connectivity index (χ0n) is 14.7. The molecule has 0 amide bonds. The first-order valence-corrected chi connectivity index (χ1v) is 9.23. The number of hydrogen-bond donors (Lipinski definition) is 0. The van der Waals surface area contributed by atoms with E-state index in [1.807, 2.05) is 22.4 Å². The lowest BCUT2D eigenvalue weighted by atomic mass is 10.1. The normalized spacial score (nSPS) is 17.7. The first-order valence-electron chi connectivity index (χ1n) is 8.82. The van der Waals surface area contributed by atoms with Crippen LogP contribution in [0.4, 0.5) is 4.39 Å². The Labute approximate surface area is 157 Å². The van der Waals surface area contributed by atoms with Crippen molar-refractivity contribution in [3.05, 3.63) is 70.7 Å². The lowest BCUT2D eigenvalue weighted by Gasteiger charge is -2.24. The maximum atomic E-state index is 13.2. The Morgan fingerprint density at radius 3 is 2.58 bits per heavy atom. The second kappa shape index (κ2) is 7.13. The van der Waals surface area contributed by atoms with Crippen molar-refractivity contribution in [2.24, 2.45) is 7.05 Å². The van der Waals surface area contributed by atoms with Crippen LogP contribution in [-0.4, -0.2) is 25.8 Å². The summed E-state index contributed by atoms with van der Waals surface area (Å²) >= 11 is 5.59. The lowest BCUT2D eigenvalue weighted by Crippen LogP contribution is -2.27. The van der Waals surface area contributed by atoms with Gasteiger partial charge in [-0.1, -0.05) is 30.3 Å². The Morgan fingerprint density at radius 2 is 1.85 bits per heavy atom. The molecule has 1 aliphatic heterocycles. The van der Waals surface area contributed by atoms with Gasteiger partial charge in [0, 0.05) is 25.2 Å². The standard InChI is InChI=1S/C20H21FN4S/c1-23-19(16-9-11-17(21)12-10-16)22-25(20(23)26)14-24-13-5-8-18(24)15-6-3-2-4-7-15/h2-4,6-7,9-12,18H,5,8,13-14H2,1H3/t18-/m0/s1. The number of nitrogens with zero attached hydrogens (tertiary/aromatic N) is 4. The van der Waals surface area contributed by atoms with E-state index in [9.17, 15) is 4.39 Å². The Morgan fingerprint density at radius 1 is 1.12 bits per heavy atom. The van der Waals surface area contributed by atoms with Gasteiger partial charge in [0.25, 0.3) is 0 Å². The minimum absolute atomic E-state index is 0.253. The molecule has 26 heavy (non-hydrogen) atoms. The molecule has 1 saturated heterocycles. The summed E-state index contributed by atoms with van der Waals surface area (Å²) in [7, 11) is 1.91. The van der Waals surface area contributed by atoms with Crippen LogP contribution < -0.4 is 0 Å². The fourth-order valence-corrected chi connectivity index (χ4v) is 3.84. The number of halogens is 1. The summed E-state index contributed by atoms with van der Waals surface area (Å²) in [6.07, 6.45) is 2.32. The molecule has 0 radical (unpaired) electrons. The second-order valence-electron chi connectivity index (χ2n) is 6.69. The minimum Gasteiger partial charge on any atom is -0.303 e. The van der Waals surface area contributed by atoms with E-state index in [1.54, 1.807) is 12.1 Å². The van der Waals surface area contributed by atoms with Crippen molar-refractivity contribution >= 4 is 12.2 Å². The molecule has 2 heterocycles. The molecule has 0 aliphatic carbocycles. The molecular weight excluding hydrogens is 347 g/mol. The zero-order valence-corrected chi connectivity index (χ0v) is 15.5. The van der Waals surface area contributed by atoms with Crippen molar-refractivity contribution in [2.75, 3.05) is 6.54 Å². The highest BCUT2D eigenvalue weighted by Crippen LogP contribution is 2.32. The molecule has 1 aromatic heterocycles. The molecule has 4 rings (SSSR count). The summed E-state index contributed by atoms with van der Waals surface area (Å²) < 4.78 is 17.6. The molecule has 4 nitrogen and oxygen atoms in total. The SMILES string of the molecule is Cn1c(-c2ccc(F)cc2)nn(CN2CCC[C@H]2c2ccccc2)c1=S. The van der Waals surface area contributed by atoms with Crippen LogP contribution in [0, 0.1) is 10.6 Å². The smallest absolute Gasteiger partial charge is 0.199 e. The van der Waals surface area contributed by atoms with Gasteiger partial charge in [-0.15, -0.1) is 0 Å². The van der Waals surface area contributed by atoms with E-state index < -0.39 is 0 Å². The van der Waals surface area contributed by atoms with Crippen LogP contribution in [0.25, 0.3) is 11.4 Å². The van der Waals surface area contributed by atoms with Crippen LogP contribution in [0.3, 0.4) is 0 Å². The van der Waals surface area contributed by atoms with Gasteiger partial charge in [0.15, 0.2) is 10.6 Å². The average Bonchev–Trinajstić information content (AvgIpc) is 3.24. The molecule has 0 bridgehead atoms. The largest absolute Gasteiger partial charge is 0.303 e. The summed E-state index contributed by atoms with van der Waals surface area (Å²) in [6.45, 7) is 1.69. The summed E-state index contributed by atoms with van der Waals surface area (Å²) in [5.74, 6) is 0.502. The van der Waals surface area contributed by atoms with E-state index in [0.29, 0.717) is 17.5 Å². The van der Waals surface area contributed by atoms with Crippen LogP contribution in [0.15, 0.2) is 54.6 Å². The third kappa shape index (κ3) is 3.22. The van der Waals surface area contributed by atoms with E-state index in [1.165, 1.54) is 24.1 Å². The number of rotatable bonds is 4. The van der Waals surface area contributed by atoms with Gasteiger partial charge in [-0.2, -0.15) is 5.10 Å². The highest BCUT2D eigenvalue weighted by molar-refractivity contribution is 7.71. The van der Waals surface area contributed by atoms with Crippen LogP contribution in [-0.2, 0) is 13.7 Å². The molecule has 1 atom stereocenters. The summed E-state index contributed by atoms with van der Waals surface area (Å²) in [5.41, 5.74) is 2.20. The highest BCUT2D eigenvalue weighted by Gasteiger charge is 2.26. The average molecular weight is 368 g/mol. The van der Waals surface area contributed by atoms with E-state index in [0.717, 1.165) is 24.4 Å². The summed E-state index contributed by atoms with van der Waals surface area (Å²) in [6, 6.07) is 17.4. The van der Waals surface area contributed by atoms with Gasteiger partial charge in [-0.25, -0.2) is 9.07 Å². The lowest BCUT2D eigenvalue weighted by molar-refractivity contribution is 0.190. The van der Waals surface area contributed by atoms with Crippen molar-refractivity contribution < 1.29 is 4.39 Å². The number of aromatic nitrogens is 3. The molecule has 0 unspecified atom stereocenters. The van der Waals surface area contributed by atoms with Crippen molar-refractivity contribution in [1.82, 2.24) is 19.2 Å². The van der Waals surface area contributed by atoms with Crippen LogP contribution in [0.1, 0.15) is 24.4 Å². The number of benzene rings is 2. The third-order valence-corrected chi connectivity index (χ3v) is 5.49. The van der Waals surface area contributed by atoms with Crippen molar-refractivity contribution in [1.29, 1.82) is 0 Å². The van der Waals surface area contributed by atoms with Crippen molar-refractivity contribution in [3.8, 4) is 11.4 Å².